The lowest BCUT2D eigenvalue weighted by molar-refractivity contribution is -0.120. The van der Waals surface area contributed by atoms with Gasteiger partial charge < -0.3 is 38.5 Å². The summed E-state index contributed by atoms with van der Waals surface area (Å²) in [5.41, 5.74) is 2.45. The maximum Gasteiger partial charge on any atom is 0.302 e. The molecule has 1 aromatic heterocycles. The van der Waals surface area contributed by atoms with Crippen LogP contribution in [-0.2, 0) is 11.2 Å². The van der Waals surface area contributed by atoms with Crippen LogP contribution in [0.2, 0.25) is 0 Å². The maximum absolute atomic E-state index is 12.4. The fraction of sp³-hybridized carbons (Fsp3) is 0.276. The molecule has 0 bridgehead atoms. The summed E-state index contributed by atoms with van der Waals surface area (Å²) in [7, 11) is 6.25. The highest BCUT2D eigenvalue weighted by atomic mass is 16.5. The first-order valence-electron chi connectivity index (χ1n) is 12.5. The van der Waals surface area contributed by atoms with Crippen LogP contribution in [0.15, 0.2) is 58.8 Å². The average molecular weight is 548 g/mol. The van der Waals surface area contributed by atoms with E-state index in [2.05, 4.69) is 15.2 Å². The molecule has 1 unspecified atom stereocenters. The second-order valence-corrected chi connectivity index (χ2v) is 8.96. The molecule has 0 spiro atoms. The minimum absolute atomic E-state index is 0.0775. The Kier molecular flexibility index (Phi) is 7.63. The molecule has 0 aliphatic carbocycles. The lowest BCUT2D eigenvalue weighted by Gasteiger charge is -2.28. The number of methoxy groups -OCH3 is 4. The molecule has 0 saturated heterocycles. The van der Waals surface area contributed by atoms with E-state index in [-0.39, 0.29) is 24.3 Å². The van der Waals surface area contributed by atoms with Crippen molar-refractivity contribution in [3.8, 4) is 40.2 Å². The lowest BCUT2D eigenvalue weighted by atomic mass is 9.96. The van der Waals surface area contributed by atoms with E-state index in [1.165, 1.54) is 0 Å². The third-order valence-electron chi connectivity index (χ3n) is 6.63. The Balaban J connectivity index is 1.32. The molecule has 1 aliphatic rings. The van der Waals surface area contributed by atoms with Crippen LogP contribution in [0.3, 0.4) is 0 Å². The summed E-state index contributed by atoms with van der Waals surface area (Å²) in [4.78, 5) is 15.3. The number of fused-ring (bicyclic) bond motifs is 2. The molecule has 4 aromatic rings. The van der Waals surface area contributed by atoms with Gasteiger partial charge in [-0.05, 0) is 42.7 Å². The Labute approximate surface area is 230 Å². The van der Waals surface area contributed by atoms with Gasteiger partial charge >= 0.3 is 5.91 Å². The van der Waals surface area contributed by atoms with Gasteiger partial charge in [-0.15, -0.1) is 10.2 Å². The normalized spacial score (nSPS) is 14.4. The number of hydrogen-bond acceptors (Lipinski definition) is 9. The van der Waals surface area contributed by atoms with Gasteiger partial charge in [-0.1, -0.05) is 12.1 Å². The number of nitrogens with zero attached hydrogens (tertiary/aromatic N) is 2. The molecule has 40 heavy (non-hydrogen) atoms. The van der Waals surface area contributed by atoms with E-state index in [4.69, 9.17) is 28.4 Å². The van der Waals surface area contributed by atoms with E-state index in [1.54, 1.807) is 58.8 Å². The minimum Gasteiger partial charge on any atom is -0.504 e. The third-order valence-corrected chi connectivity index (χ3v) is 6.63. The molecular weight excluding hydrogens is 518 g/mol. The Morgan fingerprint density at radius 2 is 1.73 bits per heavy atom. The van der Waals surface area contributed by atoms with Gasteiger partial charge in [0.15, 0.2) is 29.7 Å². The number of carbonyl (C=O) groups is 1. The summed E-state index contributed by atoms with van der Waals surface area (Å²) in [5, 5.41) is 18.4. The zero-order valence-electron chi connectivity index (χ0n) is 22.5. The van der Waals surface area contributed by atoms with E-state index >= 15 is 0 Å². The number of nitrogens with one attached hydrogen (secondary N) is 1. The van der Waals surface area contributed by atoms with Gasteiger partial charge in [-0.25, -0.2) is 0 Å². The van der Waals surface area contributed by atoms with Crippen molar-refractivity contribution in [3.05, 3.63) is 59.7 Å². The molecule has 0 radical (unpaired) electrons. The van der Waals surface area contributed by atoms with Crippen molar-refractivity contribution in [2.75, 3.05) is 35.0 Å². The van der Waals surface area contributed by atoms with Crippen molar-refractivity contribution in [1.82, 2.24) is 4.98 Å². The van der Waals surface area contributed by atoms with Gasteiger partial charge in [-0.3, -0.25) is 4.79 Å². The van der Waals surface area contributed by atoms with E-state index in [0.717, 1.165) is 11.1 Å². The highest BCUT2D eigenvalue weighted by Gasteiger charge is 2.27. The number of para-hydroxylation sites is 1. The van der Waals surface area contributed by atoms with Gasteiger partial charge in [0.2, 0.25) is 5.75 Å². The SMILES string of the molecule is COc1cc(OCC(=O)N=Nc2[nH]c3ccccc3c2O)cc2c1CCC(c1cc(OC)c(OC)c(OC)c1)O2. The van der Waals surface area contributed by atoms with Crippen LogP contribution in [0, 0.1) is 0 Å². The molecule has 3 aromatic carbocycles. The zero-order chi connectivity index (χ0) is 28.2. The first-order chi connectivity index (χ1) is 19.4. The number of carbonyl (C=O) groups excluding carboxylic acids is 1. The van der Waals surface area contributed by atoms with Gasteiger partial charge in [0.1, 0.15) is 23.4 Å². The summed E-state index contributed by atoms with van der Waals surface area (Å²) in [6.45, 7) is -0.372. The van der Waals surface area contributed by atoms with Gasteiger partial charge in [-0.2, -0.15) is 0 Å². The summed E-state index contributed by atoms with van der Waals surface area (Å²) >= 11 is 0. The molecule has 1 atom stereocenters. The molecule has 0 saturated carbocycles. The van der Waals surface area contributed by atoms with E-state index in [9.17, 15) is 9.90 Å². The lowest BCUT2D eigenvalue weighted by Crippen LogP contribution is -2.17. The van der Waals surface area contributed by atoms with Gasteiger partial charge in [0.25, 0.3) is 0 Å². The smallest absolute Gasteiger partial charge is 0.302 e. The van der Waals surface area contributed by atoms with Crippen LogP contribution in [0.1, 0.15) is 23.7 Å². The highest BCUT2D eigenvalue weighted by Crippen LogP contribution is 2.46. The number of azo groups is 1. The first-order valence-corrected chi connectivity index (χ1v) is 12.5. The molecule has 0 fully saturated rings. The van der Waals surface area contributed by atoms with Crippen molar-refractivity contribution in [3.63, 3.8) is 0 Å². The largest absolute Gasteiger partial charge is 0.504 e. The fourth-order valence-electron chi connectivity index (χ4n) is 4.69. The molecule has 11 nitrogen and oxygen atoms in total. The van der Waals surface area contributed by atoms with Crippen molar-refractivity contribution < 1.29 is 38.3 Å². The second kappa shape index (κ2) is 11.4. The third kappa shape index (κ3) is 5.18. The molecule has 5 rings (SSSR count). The maximum atomic E-state index is 12.4. The number of benzene rings is 3. The summed E-state index contributed by atoms with van der Waals surface area (Å²) in [6, 6.07) is 14.3. The molecule has 208 valence electrons. The Morgan fingerprint density at radius 1 is 1.00 bits per heavy atom. The standard InChI is InChI=1S/C29H29N3O8/c1-35-22-13-17(39-15-26(33)31-32-29-27(34)18-7-5-6-8-20(18)30-29)14-23-19(22)9-10-21(40-23)16-11-24(36-2)28(38-4)25(12-16)37-3/h5-8,11-14,21,30,34H,9-10,15H2,1-4H3. The van der Waals surface area contributed by atoms with E-state index < -0.39 is 5.91 Å². The monoisotopic (exact) mass is 547 g/mol. The number of aromatic nitrogens is 1. The summed E-state index contributed by atoms with van der Waals surface area (Å²) < 4.78 is 34.1. The predicted octanol–water partition coefficient (Wildman–Crippen LogP) is 5.66. The molecule has 2 N–H and O–H groups in total. The molecular formula is C29H29N3O8. The Hall–Kier alpha value is -4.93. The number of aromatic hydroxyl groups is 1. The van der Waals surface area contributed by atoms with Crippen molar-refractivity contribution >= 4 is 22.6 Å². The number of H-pyrrole nitrogens is 1. The summed E-state index contributed by atoms with van der Waals surface area (Å²) in [5.74, 6) is 2.50. The molecule has 11 heteroatoms. The topological polar surface area (TPSA) is 133 Å². The number of aromatic amines is 1. The number of hydrogen-bond donors (Lipinski definition) is 2. The van der Waals surface area contributed by atoms with Crippen LogP contribution < -0.4 is 28.4 Å². The zero-order valence-corrected chi connectivity index (χ0v) is 22.5. The summed E-state index contributed by atoms with van der Waals surface area (Å²) in [6.07, 6.45) is 1.10. The first kappa shape index (κ1) is 26.7. The van der Waals surface area contributed by atoms with Crippen molar-refractivity contribution in [1.29, 1.82) is 0 Å². The second-order valence-electron chi connectivity index (χ2n) is 8.96. The van der Waals surface area contributed by atoms with Crippen LogP contribution in [0.25, 0.3) is 10.9 Å². The Morgan fingerprint density at radius 3 is 2.40 bits per heavy atom. The van der Waals surface area contributed by atoms with E-state index in [0.29, 0.717) is 58.2 Å². The van der Waals surface area contributed by atoms with Crippen molar-refractivity contribution in [2.24, 2.45) is 10.2 Å². The quantitative estimate of drug-likeness (QED) is 0.256. The number of ether oxygens (including phenoxy) is 6. The molecule has 1 aliphatic heterocycles. The van der Waals surface area contributed by atoms with Crippen molar-refractivity contribution in [2.45, 2.75) is 18.9 Å². The van der Waals surface area contributed by atoms with Crippen LogP contribution in [0.5, 0.6) is 40.2 Å². The Bertz CT molecular complexity index is 1550. The minimum atomic E-state index is -0.633. The van der Waals surface area contributed by atoms with E-state index in [1.807, 2.05) is 18.2 Å². The average Bonchev–Trinajstić information content (AvgIpc) is 3.32. The van der Waals surface area contributed by atoms with Crippen LogP contribution in [-0.4, -0.2) is 51.0 Å². The fourth-order valence-corrected chi connectivity index (χ4v) is 4.69. The van der Waals surface area contributed by atoms with Crippen LogP contribution in [0.4, 0.5) is 5.82 Å². The predicted molar refractivity (Wildman–Crippen MR) is 146 cm³/mol. The molecule has 2 heterocycles. The number of amides is 1. The van der Waals surface area contributed by atoms with Gasteiger partial charge in [0, 0.05) is 23.1 Å². The van der Waals surface area contributed by atoms with Crippen LogP contribution >= 0.6 is 0 Å². The molecule has 1 amide bonds. The van der Waals surface area contributed by atoms with Gasteiger partial charge in [0.05, 0.1) is 34.0 Å². The number of rotatable bonds is 9. The highest BCUT2D eigenvalue weighted by molar-refractivity contribution is 5.91.